The molecule has 0 saturated carbocycles. The van der Waals surface area contributed by atoms with Gasteiger partial charge in [0.25, 0.3) is 0 Å². The van der Waals surface area contributed by atoms with Crippen LogP contribution < -0.4 is 0 Å². The van der Waals surface area contributed by atoms with Crippen molar-refractivity contribution in [2.24, 2.45) is 0 Å². The molecule has 2 aromatic rings. The number of esters is 1. The standard InChI is InChI=1S/C12H10O3S/c1-7(13)10-5-8-3-4-9(12(14)15-2)6-11(8)16-10/h3-6,13H,1H2,2H3. The second kappa shape index (κ2) is 3.98. The summed E-state index contributed by atoms with van der Waals surface area (Å²) in [4.78, 5) is 12.0. The first kappa shape index (κ1) is 10.7. The fourth-order valence-corrected chi connectivity index (χ4v) is 2.39. The summed E-state index contributed by atoms with van der Waals surface area (Å²) in [5.41, 5.74) is 0.506. The molecule has 82 valence electrons. The van der Waals surface area contributed by atoms with Crippen molar-refractivity contribution in [1.82, 2.24) is 0 Å². The van der Waals surface area contributed by atoms with Crippen LogP contribution in [0.25, 0.3) is 15.8 Å². The summed E-state index contributed by atoms with van der Waals surface area (Å²) in [6, 6.07) is 7.11. The van der Waals surface area contributed by atoms with E-state index in [2.05, 4.69) is 11.3 Å². The average Bonchev–Trinajstić information content (AvgIpc) is 2.70. The Hall–Kier alpha value is -1.81. The zero-order valence-corrected chi connectivity index (χ0v) is 9.50. The van der Waals surface area contributed by atoms with Crippen LogP contribution in [0.1, 0.15) is 15.2 Å². The molecule has 0 bridgehead atoms. The lowest BCUT2D eigenvalue weighted by Gasteiger charge is -1.97. The zero-order valence-electron chi connectivity index (χ0n) is 8.69. The first-order chi connectivity index (χ1) is 7.61. The molecule has 1 N–H and O–H groups in total. The first-order valence-electron chi connectivity index (χ1n) is 4.62. The van der Waals surface area contributed by atoms with Crippen LogP contribution in [0.3, 0.4) is 0 Å². The number of aliphatic hydroxyl groups excluding tert-OH is 1. The average molecular weight is 234 g/mol. The van der Waals surface area contributed by atoms with Crippen LogP contribution in [0, 0.1) is 0 Å². The number of carbonyl (C=O) groups is 1. The molecule has 0 spiro atoms. The minimum absolute atomic E-state index is 0.0424. The third kappa shape index (κ3) is 1.79. The number of thiophene rings is 1. The van der Waals surface area contributed by atoms with Crippen LogP contribution >= 0.6 is 11.3 Å². The zero-order chi connectivity index (χ0) is 11.7. The Morgan fingerprint density at radius 1 is 1.44 bits per heavy atom. The summed E-state index contributed by atoms with van der Waals surface area (Å²) >= 11 is 1.39. The maximum atomic E-state index is 11.3. The van der Waals surface area contributed by atoms with Crippen LogP contribution in [0.15, 0.2) is 30.8 Å². The number of methoxy groups -OCH3 is 1. The van der Waals surface area contributed by atoms with Crippen molar-refractivity contribution >= 4 is 33.2 Å². The van der Waals surface area contributed by atoms with Gasteiger partial charge in [-0.05, 0) is 23.6 Å². The summed E-state index contributed by atoms with van der Waals surface area (Å²) in [5.74, 6) is -0.319. The minimum atomic E-state index is -0.361. The highest BCUT2D eigenvalue weighted by Gasteiger charge is 2.09. The van der Waals surface area contributed by atoms with Gasteiger partial charge in [0.15, 0.2) is 0 Å². The molecule has 1 aromatic carbocycles. The van der Waals surface area contributed by atoms with Crippen LogP contribution in [-0.4, -0.2) is 18.2 Å². The molecule has 0 radical (unpaired) electrons. The van der Waals surface area contributed by atoms with Crippen molar-refractivity contribution in [3.8, 4) is 0 Å². The summed E-state index contributed by atoms with van der Waals surface area (Å²) in [7, 11) is 1.35. The largest absolute Gasteiger partial charge is 0.507 e. The molecule has 1 heterocycles. The van der Waals surface area contributed by atoms with Crippen molar-refractivity contribution < 1.29 is 14.6 Å². The van der Waals surface area contributed by atoms with Gasteiger partial charge in [0, 0.05) is 4.70 Å². The predicted molar refractivity (Wildman–Crippen MR) is 64.8 cm³/mol. The van der Waals surface area contributed by atoms with Gasteiger partial charge in [-0.1, -0.05) is 12.6 Å². The molecule has 3 nitrogen and oxygen atoms in total. The molecule has 1 aromatic heterocycles. The number of aliphatic hydroxyl groups is 1. The van der Waals surface area contributed by atoms with E-state index >= 15 is 0 Å². The number of hydrogen-bond donors (Lipinski definition) is 1. The van der Waals surface area contributed by atoms with E-state index in [1.165, 1.54) is 18.4 Å². The van der Waals surface area contributed by atoms with E-state index in [1.807, 2.05) is 12.1 Å². The van der Waals surface area contributed by atoms with E-state index < -0.39 is 0 Å². The van der Waals surface area contributed by atoms with E-state index in [0.29, 0.717) is 10.4 Å². The molecular formula is C12H10O3S. The summed E-state index contributed by atoms with van der Waals surface area (Å²) < 4.78 is 5.56. The van der Waals surface area contributed by atoms with E-state index in [1.54, 1.807) is 12.1 Å². The molecular weight excluding hydrogens is 224 g/mol. The lowest BCUT2D eigenvalue weighted by molar-refractivity contribution is 0.0601. The van der Waals surface area contributed by atoms with E-state index in [4.69, 9.17) is 0 Å². The Morgan fingerprint density at radius 3 is 2.81 bits per heavy atom. The summed E-state index contributed by atoms with van der Waals surface area (Å²) in [6.07, 6.45) is 0. The number of ether oxygens (including phenoxy) is 1. The topological polar surface area (TPSA) is 46.5 Å². The second-order valence-electron chi connectivity index (χ2n) is 3.30. The molecule has 4 heteroatoms. The molecule has 0 atom stereocenters. The molecule has 16 heavy (non-hydrogen) atoms. The Bertz CT molecular complexity index is 569. The summed E-state index contributed by atoms with van der Waals surface area (Å²) in [6.45, 7) is 3.47. The molecule has 0 fully saturated rings. The Morgan fingerprint density at radius 2 is 2.19 bits per heavy atom. The van der Waals surface area contributed by atoms with Gasteiger partial charge in [0.05, 0.1) is 17.6 Å². The normalized spacial score (nSPS) is 10.3. The first-order valence-corrected chi connectivity index (χ1v) is 5.43. The highest BCUT2D eigenvalue weighted by atomic mass is 32.1. The van der Waals surface area contributed by atoms with E-state index in [-0.39, 0.29) is 11.7 Å². The lowest BCUT2D eigenvalue weighted by atomic mass is 10.2. The molecule has 0 amide bonds. The third-order valence-corrected chi connectivity index (χ3v) is 3.37. The van der Waals surface area contributed by atoms with Gasteiger partial charge < -0.3 is 9.84 Å². The van der Waals surface area contributed by atoms with Crippen molar-refractivity contribution in [2.75, 3.05) is 7.11 Å². The van der Waals surface area contributed by atoms with Crippen molar-refractivity contribution in [1.29, 1.82) is 0 Å². The SMILES string of the molecule is C=C(O)c1cc2ccc(C(=O)OC)cc2s1. The Labute approximate surface area is 96.6 Å². The molecule has 0 unspecified atom stereocenters. The van der Waals surface area contributed by atoms with Gasteiger partial charge in [-0.15, -0.1) is 11.3 Å². The van der Waals surface area contributed by atoms with Crippen LogP contribution in [0.2, 0.25) is 0 Å². The molecule has 2 rings (SSSR count). The van der Waals surface area contributed by atoms with Crippen LogP contribution in [0.5, 0.6) is 0 Å². The van der Waals surface area contributed by atoms with Gasteiger partial charge >= 0.3 is 5.97 Å². The fraction of sp³-hybridized carbons (Fsp3) is 0.0833. The molecule has 0 aliphatic rings. The highest BCUT2D eigenvalue weighted by Crippen LogP contribution is 2.29. The molecule has 0 aliphatic carbocycles. The second-order valence-corrected chi connectivity index (χ2v) is 4.39. The fourth-order valence-electron chi connectivity index (χ4n) is 1.42. The van der Waals surface area contributed by atoms with E-state index in [0.717, 1.165) is 10.1 Å². The maximum Gasteiger partial charge on any atom is 0.337 e. The quantitative estimate of drug-likeness (QED) is 0.641. The highest BCUT2D eigenvalue weighted by molar-refractivity contribution is 7.20. The van der Waals surface area contributed by atoms with Crippen molar-refractivity contribution in [3.05, 3.63) is 41.3 Å². The monoisotopic (exact) mass is 234 g/mol. The van der Waals surface area contributed by atoms with Gasteiger partial charge in [-0.2, -0.15) is 0 Å². The number of fused-ring (bicyclic) bond motifs is 1. The van der Waals surface area contributed by atoms with Gasteiger partial charge in [-0.25, -0.2) is 4.79 Å². The number of carbonyl (C=O) groups excluding carboxylic acids is 1. The molecule has 0 aliphatic heterocycles. The summed E-state index contributed by atoms with van der Waals surface area (Å²) in [5, 5.41) is 10.2. The Balaban J connectivity index is 2.53. The van der Waals surface area contributed by atoms with Crippen LogP contribution in [-0.2, 0) is 4.74 Å². The van der Waals surface area contributed by atoms with Crippen molar-refractivity contribution in [3.63, 3.8) is 0 Å². The van der Waals surface area contributed by atoms with E-state index in [9.17, 15) is 9.90 Å². The number of hydrogen-bond acceptors (Lipinski definition) is 4. The minimum Gasteiger partial charge on any atom is -0.507 e. The smallest absolute Gasteiger partial charge is 0.337 e. The van der Waals surface area contributed by atoms with Crippen molar-refractivity contribution in [2.45, 2.75) is 0 Å². The number of benzene rings is 1. The van der Waals surface area contributed by atoms with Gasteiger partial charge in [0.1, 0.15) is 5.76 Å². The molecule has 0 saturated heterocycles. The maximum absolute atomic E-state index is 11.3. The van der Waals surface area contributed by atoms with Gasteiger partial charge in [0.2, 0.25) is 0 Å². The lowest BCUT2D eigenvalue weighted by Crippen LogP contribution is -1.99. The Kier molecular flexibility index (Phi) is 2.66. The number of rotatable bonds is 2. The predicted octanol–water partition coefficient (Wildman–Crippen LogP) is 3.22. The third-order valence-electron chi connectivity index (χ3n) is 2.23. The van der Waals surface area contributed by atoms with Gasteiger partial charge in [-0.3, -0.25) is 0 Å². The van der Waals surface area contributed by atoms with Crippen LogP contribution in [0.4, 0.5) is 0 Å².